The fourth-order valence-corrected chi connectivity index (χ4v) is 3.38. The minimum absolute atomic E-state index is 0.769. The predicted octanol–water partition coefficient (Wildman–Crippen LogP) is 5.02. The van der Waals surface area contributed by atoms with Crippen LogP contribution < -0.4 is 9.64 Å². The molecule has 0 aromatic heterocycles. The highest BCUT2D eigenvalue weighted by Crippen LogP contribution is 2.40. The highest BCUT2D eigenvalue weighted by atomic mass is 32.2. The molecule has 0 amide bonds. The van der Waals surface area contributed by atoms with Gasteiger partial charge in [-0.3, -0.25) is 0 Å². The van der Waals surface area contributed by atoms with Gasteiger partial charge in [0.15, 0.2) is 0 Å². The van der Waals surface area contributed by atoms with E-state index in [0.29, 0.717) is 0 Å². The number of nitrogens with zero attached hydrogens (tertiary/aromatic N) is 1. The first kappa shape index (κ1) is 14.1. The van der Waals surface area contributed by atoms with Crippen molar-refractivity contribution in [2.24, 2.45) is 0 Å². The normalized spacial score (nSPS) is 13.6. The standard InChI is InChI=1S/C18H19NOS/c1-3-12-20-15-10-8-14(9-11-15)17-13-21-18-7-5-4-6-16(18)19(17)2/h4-11,13H,3,12H2,1-2H3. The van der Waals surface area contributed by atoms with Crippen molar-refractivity contribution in [3.63, 3.8) is 0 Å². The zero-order valence-corrected chi connectivity index (χ0v) is 13.2. The third-order valence-electron chi connectivity index (χ3n) is 3.51. The Morgan fingerprint density at radius 1 is 1.05 bits per heavy atom. The van der Waals surface area contributed by atoms with Crippen molar-refractivity contribution in [2.75, 3.05) is 18.6 Å². The van der Waals surface area contributed by atoms with Gasteiger partial charge in [0, 0.05) is 17.4 Å². The van der Waals surface area contributed by atoms with Crippen LogP contribution in [0.15, 0.2) is 58.8 Å². The number of rotatable bonds is 4. The van der Waals surface area contributed by atoms with Crippen LogP contribution in [0.2, 0.25) is 0 Å². The first-order valence-corrected chi connectivity index (χ1v) is 8.10. The smallest absolute Gasteiger partial charge is 0.119 e. The Labute approximate surface area is 130 Å². The lowest BCUT2D eigenvalue weighted by Gasteiger charge is -2.28. The summed E-state index contributed by atoms with van der Waals surface area (Å²) in [4.78, 5) is 3.54. The van der Waals surface area contributed by atoms with Crippen LogP contribution in [0.4, 0.5) is 5.69 Å². The lowest BCUT2D eigenvalue weighted by atomic mass is 10.1. The maximum absolute atomic E-state index is 5.64. The molecule has 3 rings (SSSR count). The Hall–Kier alpha value is -1.87. The first-order valence-electron chi connectivity index (χ1n) is 7.22. The number of fused-ring (bicyclic) bond motifs is 1. The molecule has 1 aliphatic heterocycles. The van der Waals surface area contributed by atoms with Crippen molar-refractivity contribution in [1.82, 2.24) is 0 Å². The highest BCUT2D eigenvalue weighted by Gasteiger charge is 2.17. The summed E-state index contributed by atoms with van der Waals surface area (Å²) in [6.07, 6.45) is 1.03. The van der Waals surface area contributed by atoms with Gasteiger partial charge in [-0.25, -0.2) is 0 Å². The summed E-state index contributed by atoms with van der Waals surface area (Å²) in [5.74, 6) is 0.938. The van der Waals surface area contributed by atoms with Gasteiger partial charge < -0.3 is 9.64 Å². The summed E-state index contributed by atoms with van der Waals surface area (Å²) >= 11 is 1.78. The van der Waals surface area contributed by atoms with E-state index in [1.54, 1.807) is 11.8 Å². The van der Waals surface area contributed by atoms with E-state index in [1.807, 2.05) is 12.1 Å². The molecule has 0 saturated carbocycles. The molecule has 0 fully saturated rings. The molecule has 0 saturated heterocycles. The monoisotopic (exact) mass is 297 g/mol. The third kappa shape index (κ3) is 2.93. The number of hydrogen-bond donors (Lipinski definition) is 0. The Kier molecular flexibility index (Phi) is 4.20. The molecule has 2 aromatic rings. The molecule has 3 heteroatoms. The predicted molar refractivity (Wildman–Crippen MR) is 90.9 cm³/mol. The van der Waals surface area contributed by atoms with Crippen molar-refractivity contribution >= 4 is 23.1 Å². The summed E-state index contributed by atoms with van der Waals surface area (Å²) in [5, 5.41) is 2.21. The van der Waals surface area contributed by atoms with E-state index < -0.39 is 0 Å². The molecule has 0 N–H and O–H groups in total. The van der Waals surface area contributed by atoms with Gasteiger partial charge >= 0.3 is 0 Å². The van der Waals surface area contributed by atoms with E-state index >= 15 is 0 Å². The summed E-state index contributed by atoms with van der Waals surface area (Å²) in [6.45, 7) is 2.88. The Morgan fingerprint density at radius 2 is 1.81 bits per heavy atom. The number of hydrogen-bond acceptors (Lipinski definition) is 3. The minimum Gasteiger partial charge on any atom is -0.494 e. The quantitative estimate of drug-likeness (QED) is 0.786. The van der Waals surface area contributed by atoms with Crippen LogP contribution in [-0.4, -0.2) is 13.7 Å². The molecule has 0 bridgehead atoms. The topological polar surface area (TPSA) is 12.5 Å². The van der Waals surface area contributed by atoms with Crippen molar-refractivity contribution in [1.29, 1.82) is 0 Å². The minimum atomic E-state index is 0.769. The average molecular weight is 297 g/mol. The zero-order valence-electron chi connectivity index (χ0n) is 12.4. The fraction of sp³-hybridized carbons (Fsp3) is 0.222. The number of anilines is 1. The Morgan fingerprint density at radius 3 is 2.57 bits per heavy atom. The molecule has 0 radical (unpaired) electrons. The fourth-order valence-electron chi connectivity index (χ4n) is 2.37. The molecule has 0 atom stereocenters. The van der Waals surface area contributed by atoms with Gasteiger partial charge in [0.1, 0.15) is 5.75 Å². The molecular weight excluding hydrogens is 278 g/mol. The maximum atomic E-state index is 5.64. The van der Waals surface area contributed by atoms with Crippen LogP contribution in [0.25, 0.3) is 5.70 Å². The van der Waals surface area contributed by atoms with E-state index in [2.05, 4.69) is 60.7 Å². The maximum Gasteiger partial charge on any atom is 0.119 e. The molecule has 108 valence electrons. The van der Waals surface area contributed by atoms with Crippen LogP contribution >= 0.6 is 11.8 Å². The van der Waals surface area contributed by atoms with Gasteiger partial charge in [0.2, 0.25) is 0 Å². The van der Waals surface area contributed by atoms with Gasteiger partial charge in [-0.2, -0.15) is 0 Å². The van der Waals surface area contributed by atoms with Crippen molar-refractivity contribution in [3.8, 4) is 5.75 Å². The lowest BCUT2D eigenvalue weighted by Crippen LogP contribution is -2.17. The second kappa shape index (κ2) is 6.27. The molecule has 1 aliphatic rings. The SMILES string of the molecule is CCCOc1ccc(C2=CSc3ccccc3N2C)cc1. The summed E-state index contributed by atoms with van der Waals surface area (Å²) in [6, 6.07) is 16.8. The number of ether oxygens (including phenoxy) is 1. The lowest BCUT2D eigenvalue weighted by molar-refractivity contribution is 0.317. The van der Waals surface area contributed by atoms with E-state index in [1.165, 1.54) is 21.8 Å². The van der Waals surface area contributed by atoms with Gasteiger partial charge in [-0.15, -0.1) is 0 Å². The molecular formula is C18H19NOS. The van der Waals surface area contributed by atoms with Gasteiger partial charge in [0.25, 0.3) is 0 Å². The molecule has 2 aromatic carbocycles. The average Bonchev–Trinajstić information content (AvgIpc) is 2.54. The summed E-state index contributed by atoms with van der Waals surface area (Å²) in [5.41, 5.74) is 3.69. The van der Waals surface area contributed by atoms with Crippen molar-refractivity contribution in [3.05, 3.63) is 59.5 Å². The van der Waals surface area contributed by atoms with Crippen LogP contribution in [0.5, 0.6) is 5.75 Å². The van der Waals surface area contributed by atoms with E-state index in [-0.39, 0.29) is 0 Å². The molecule has 21 heavy (non-hydrogen) atoms. The van der Waals surface area contributed by atoms with E-state index in [4.69, 9.17) is 4.74 Å². The Balaban J connectivity index is 1.83. The highest BCUT2D eigenvalue weighted by molar-refractivity contribution is 8.02. The van der Waals surface area contributed by atoms with Crippen LogP contribution in [0.3, 0.4) is 0 Å². The van der Waals surface area contributed by atoms with Crippen molar-refractivity contribution < 1.29 is 4.74 Å². The number of para-hydroxylation sites is 1. The Bertz CT molecular complexity index is 649. The number of benzene rings is 2. The molecule has 2 nitrogen and oxygen atoms in total. The first-order chi connectivity index (χ1) is 10.3. The molecule has 0 aliphatic carbocycles. The summed E-state index contributed by atoms with van der Waals surface area (Å²) in [7, 11) is 2.12. The third-order valence-corrected chi connectivity index (χ3v) is 4.45. The zero-order chi connectivity index (χ0) is 14.7. The van der Waals surface area contributed by atoms with Crippen molar-refractivity contribution in [2.45, 2.75) is 18.2 Å². The number of thioether (sulfide) groups is 1. The molecule has 0 spiro atoms. The van der Waals surface area contributed by atoms with E-state index in [0.717, 1.165) is 18.8 Å². The van der Waals surface area contributed by atoms with Gasteiger partial charge in [-0.1, -0.05) is 30.8 Å². The largest absolute Gasteiger partial charge is 0.494 e. The second-order valence-corrected chi connectivity index (χ2v) is 5.93. The van der Waals surface area contributed by atoms with Crippen LogP contribution in [0, 0.1) is 0 Å². The summed E-state index contributed by atoms with van der Waals surface area (Å²) < 4.78 is 5.64. The van der Waals surface area contributed by atoms with E-state index in [9.17, 15) is 0 Å². The molecule has 0 unspecified atom stereocenters. The second-order valence-electron chi connectivity index (χ2n) is 5.02. The molecule has 1 heterocycles. The van der Waals surface area contributed by atoms with Gasteiger partial charge in [-0.05, 0) is 48.4 Å². The van der Waals surface area contributed by atoms with Crippen LogP contribution in [0.1, 0.15) is 18.9 Å². The van der Waals surface area contributed by atoms with Crippen LogP contribution in [-0.2, 0) is 0 Å². The van der Waals surface area contributed by atoms with Gasteiger partial charge in [0.05, 0.1) is 18.0 Å².